The average molecular weight is 254 g/mol. The van der Waals surface area contributed by atoms with Crippen LogP contribution in [0.3, 0.4) is 0 Å². The second kappa shape index (κ2) is 5.55. The Hall–Kier alpha value is -0.740. The molecule has 2 heterocycles. The molecule has 2 nitrogen and oxygen atoms in total. The molecular formula is C12H18N2S2. The molecule has 0 saturated heterocycles. The van der Waals surface area contributed by atoms with Crippen molar-refractivity contribution in [2.24, 2.45) is 0 Å². The highest BCUT2D eigenvalue weighted by atomic mass is 32.1. The first kappa shape index (κ1) is 13.3. The molecule has 16 heavy (non-hydrogen) atoms. The van der Waals surface area contributed by atoms with Crippen molar-refractivity contribution >= 4 is 23.1 Å². The number of hydrogen-bond donors (Lipinski definition) is 0. The zero-order chi connectivity index (χ0) is 12.3. The Bertz CT molecular complexity index is 386. The van der Waals surface area contributed by atoms with Crippen LogP contribution in [0.4, 0.5) is 0 Å². The van der Waals surface area contributed by atoms with Crippen molar-refractivity contribution in [2.75, 3.05) is 0 Å². The smallest absolute Gasteiger partial charge is 0.0543 e. The number of aryl methyl sites for hydroxylation is 4. The molecule has 4 heteroatoms. The SMILES string of the molecule is Cc1nsc(C)c1C.Cc1nsc(C)c1C. The van der Waals surface area contributed by atoms with Gasteiger partial charge in [-0.2, -0.15) is 8.75 Å². The van der Waals surface area contributed by atoms with Gasteiger partial charge in [0.05, 0.1) is 11.4 Å². The van der Waals surface area contributed by atoms with Crippen molar-refractivity contribution < 1.29 is 0 Å². The summed E-state index contributed by atoms with van der Waals surface area (Å²) in [6.07, 6.45) is 0. The first-order chi connectivity index (χ1) is 7.43. The molecule has 0 fully saturated rings. The van der Waals surface area contributed by atoms with Crippen molar-refractivity contribution in [3.05, 3.63) is 32.3 Å². The molecule has 0 spiro atoms. The lowest BCUT2D eigenvalue weighted by atomic mass is 10.2. The van der Waals surface area contributed by atoms with Gasteiger partial charge >= 0.3 is 0 Å². The molecule has 0 unspecified atom stereocenters. The van der Waals surface area contributed by atoms with E-state index in [4.69, 9.17) is 0 Å². The Kier molecular flexibility index (Phi) is 4.62. The molecule has 0 aliphatic rings. The summed E-state index contributed by atoms with van der Waals surface area (Å²) in [5.41, 5.74) is 5.03. The summed E-state index contributed by atoms with van der Waals surface area (Å²) >= 11 is 3.16. The average Bonchev–Trinajstić information content (AvgIpc) is 2.70. The van der Waals surface area contributed by atoms with Crippen molar-refractivity contribution in [3.8, 4) is 0 Å². The molecule has 0 aliphatic heterocycles. The number of hydrogen-bond acceptors (Lipinski definition) is 4. The Balaban J connectivity index is 0.000000160. The third-order valence-corrected chi connectivity index (χ3v) is 4.67. The minimum absolute atomic E-state index is 1.17. The largest absolute Gasteiger partial charge is 0.197 e. The van der Waals surface area contributed by atoms with Crippen LogP contribution in [-0.4, -0.2) is 8.75 Å². The lowest BCUT2D eigenvalue weighted by Crippen LogP contribution is -1.73. The van der Waals surface area contributed by atoms with Crippen LogP contribution in [0.5, 0.6) is 0 Å². The van der Waals surface area contributed by atoms with E-state index in [0.29, 0.717) is 0 Å². The lowest BCUT2D eigenvalue weighted by molar-refractivity contribution is 1.26. The molecule has 0 aliphatic carbocycles. The van der Waals surface area contributed by atoms with Crippen LogP contribution >= 0.6 is 23.1 Å². The monoisotopic (exact) mass is 254 g/mol. The summed E-state index contributed by atoms with van der Waals surface area (Å²) < 4.78 is 8.31. The number of aromatic nitrogens is 2. The van der Waals surface area contributed by atoms with Gasteiger partial charge in [0.2, 0.25) is 0 Å². The third-order valence-electron chi connectivity index (χ3n) is 2.78. The summed E-state index contributed by atoms with van der Waals surface area (Å²) in [4.78, 5) is 2.67. The minimum atomic E-state index is 1.17. The second-order valence-corrected chi connectivity index (χ2v) is 5.85. The molecule has 0 aromatic carbocycles. The van der Waals surface area contributed by atoms with E-state index in [1.54, 1.807) is 23.1 Å². The van der Waals surface area contributed by atoms with Gasteiger partial charge in [-0.3, -0.25) is 0 Å². The summed E-state index contributed by atoms with van der Waals surface area (Å²) in [6, 6.07) is 0. The fraction of sp³-hybridized carbons (Fsp3) is 0.500. The molecule has 0 radical (unpaired) electrons. The van der Waals surface area contributed by atoms with Crippen molar-refractivity contribution in [2.45, 2.75) is 41.5 Å². The first-order valence-electron chi connectivity index (χ1n) is 5.22. The Labute approximate surface area is 106 Å². The van der Waals surface area contributed by atoms with Gasteiger partial charge in [0, 0.05) is 9.75 Å². The molecule has 0 N–H and O–H groups in total. The van der Waals surface area contributed by atoms with Gasteiger partial charge in [-0.1, -0.05) is 0 Å². The molecule has 0 bridgehead atoms. The molecular weight excluding hydrogens is 236 g/mol. The summed E-state index contributed by atoms with van der Waals surface area (Å²) in [7, 11) is 0. The topological polar surface area (TPSA) is 25.8 Å². The molecule has 0 atom stereocenters. The standard InChI is InChI=1S/2C6H9NS/c2*1-4-5(2)7-8-6(4)3/h2*1-3H3. The predicted octanol–water partition coefficient (Wildman–Crippen LogP) is 4.14. The maximum atomic E-state index is 4.16. The maximum absolute atomic E-state index is 4.16. The van der Waals surface area contributed by atoms with E-state index in [9.17, 15) is 0 Å². The van der Waals surface area contributed by atoms with E-state index in [1.165, 1.54) is 32.3 Å². The Morgan fingerprint density at radius 3 is 1.00 bits per heavy atom. The highest BCUT2D eigenvalue weighted by molar-refractivity contribution is 7.06. The van der Waals surface area contributed by atoms with Gasteiger partial charge in [-0.25, -0.2) is 0 Å². The highest BCUT2D eigenvalue weighted by Crippen LogP contribution is 2.14. The quantitative estimate of drug-likeness (QED) is 0.706. The second-order valence-electron chi connectivity index (χ2n) is 3.90. The van der Waals surface area contributed by atoms with Crippen LogP contribution in [0.15, 0.2) is 0 Å². The van der Waals surface area contributed by atoms with E-state index in [1.807, 2.05) is 13.8 Å². The minimum Gasteiger partial charge on any atom is -0.197 e. The molecule has 0 saturated carbocycles. The van der Waals surface area contributed by atoms with Gasteiger partial charge in [-0.05, 0) is 75.7 Å². The maximum Gasteiger partial charge on any atom is 0.0543 e. The van der Waals surface area contributed by atoms with Crippen LogP contribution < -0.4 is 0 Å². The Morgan fingerprint density at radius 2 is 0.938 bits per heavy atom. The zero-order valence-electron chi connectivity index (χ0n) is 10.7. The van der Waals surface area contributed by atoms with Gasteiger partial charge in [0.15, 0.2) is 0 Å². The lowest BCUT2D eigenvalue weighted by Gasteiger charge is -1.83. The molecule has 88 valence electrons. The van der Waals surface area contributed by atoms with E-state index >= 15 is 0 Å². The van der Waals surface area contributed by atoms with Crippen LogP contribution in [0.25, 0.3) is 0 Å². The van der Waals surface area contributed by atoms with Gasteiger partial charge in [-0.15, -0.1) is 0 Å². The fourth-order valence-electron chi connectivity index (χ4n) is 1.06. The first-order valence-corrected chi connectivity index (χ1v) is 6.77. The number of rotatable bonds is 0. The third kappa shape index (κ3) is 3.12. The van der Waals surface area contributed by atoms with E-state index < -0.39 is 0 Å². The van der Waals surface area contributed by atoms with Crippen LogP contribution in [0.1, 0.15) is 32.3 Å². The molecule has 0 amide bonds. The normalized spacial score (nSPS) is 9.88. The van der Waals surface area contributed by atoms with Gasteiger partial charge < -0.3 is 0 Å². The van der Waals surface area contributed by atoms with Crippen LogP contribution in [0.2, 0.25) is 0 Å². The predicted molar refractivity (Wildman–Crippen MR) is 72.7 cm³/mol. The molecule has 2 aromatic rings. The summed E-state index contributed by atoms with van der Waals surface area (Å²) in [5, 5.41) is 0. The van der Waals surface area contributed by atoms with Crippen molar-refractivity contribution in [1.29, 1.82) is 0 Å². The van der Waals surface area contributed by atoms with Crippen molar-refractivity contribution in [3.63, 3.8) is 0 Å². The Morgan fingerprint density at radius 1 is 0.625 bits per heavy atom. The number of nitrogens with zero attached hydrogens (tertiary/aromatic N) is 2. The zero-order valence-corrected chi connectivity index (χ0v) is 12.3. The molecule has 2 rings (SSSR count). The van der Waals surface area contributed by atoms with E-state index in [2.05, 4.69) is 36.4 Å². The molecule has 2 aromatic heterocycles. The van der Waals surface area contributed by atoms with Gasteiger partial charge in [0.25, 0.3) is 0 Å². The van der Waals surface area contributed by atoms with Crippen LogP contribution in [-0.2, 0) is 0 Å². The van der Waals surface area contributed by atoms with E-state index in [-0.39, 0.29) is 0 Å². The fourth-order valence-corrected chi connectivity index (χ4v) is 2.45. The highest BCUT2D eigenvalue weighted by Gasteiger charge is 1.98. The van der Waals surface area contributed by atoms with Crippen LogP contribution in [0, 0.1) is 41.5 Å². The van der Waals surface area contributed by atoms with Crippen molar-refractivity contribution in [1.82, 2.24) is 8.75 Å². The summed E-state index contributed by atoms with van der Waals surface area (Å²) in [5.74, 6) is 0. The van der Waals surface area contributed by atoms with E-state index in [0.717, 1.165) is 0 Å². The van der Waals surface area contributed by atoms with Gasteiger partial charge in [0.1, 0.15) is 0 Å². The summed E-state index contributed by atoms with van der Waals surface area (Å²) in [6.45, 7) is 12.5.